The fourth-order valence-electron chi connectivity index (χ4n) is 0.333. The Kier molecular flexibility index (Phi) is 2.97. The van der Waals surface area contributed by atoms with Gasteiger partial charge >= 0.3 is 5.97 Å². The molecule has 1 unspecified atom stereocenters. The van der Waals surface area contributed by atoms with Gasteiger partial charge in [-0.15, -0.1) is 0 Å². The van der Waals surface area contributed by atoms with Gasteiger partial charge in [-0.3, -0.25) is 0 Å². The Morgan fingerprint density at radius 1 is 1.89 bits per heavy atom. The fourth-order valence-corrected chi connectivity index (χ4v) is 0.998. The minimum Gasteiger partial charge on any atom is -0.479 e. The first-order valence-electron chi connectivity index (χ1n) is 2.42. The third-order valence-corrected chi connectivity index (χ3v) is 1.69. The molecule has 2 nitrogen and oxygen atoms in total. The lowest BCUT2D eigenvalue weighted by Crippen LogP contribution is -2.32. The van der Waals surface area contributed by atoms with Crippen LogP contribution >= 0.6 is 11.8 Å². The number of aliphatic carboxylic acids is 1. The lowest BCUT2D eigenvalue weighted by atomic mass is 10.2. The molecule has 1 atom stereocenters. The average Bonchev–Trinajstić information content (AvgIpc) is 1.65. The summed E-state index contributed by atoms with van der Waals surface area (Å²) in [5.41, 5.74) is -2.07. The van der Waals surface area contributed by atoms with Gasteiger partial charge in [0, 0.05) is 5.75 Å². The van der Waals surface area contributed by atoms with Crippen molar-refractivity contribution < 1.29 is 14.3 Å². The quantitative estimate of drug-likeness (QED) is 0.659. The van der Waals surface area contributed by atoms with Crippen LogP contribution in [0, 0.1) is 0 Å². The smallest absolute Gasteiger partial charge is 0.342 e. The Balaban J connectivity index is 3.85. The Labute approximate surface area is 57.4 Å². The summed E-state index contributed by atoms with van der Waals surface area (Å²) in [6.07, 6.45) is 1.67. The lowest BCUT2D eigenvalue weighted by molar-refractivity contribution is -0.148. The van der Waals surface area contributed by atoms with Gasteiger partial charge < -0.3 is 5.11 Å². The van der Waals surface area contributed by atoms with Crippen LogP contribution in [0.2, 0.25) is 0 Å². The number of thioether (sulfide) groups is 1. The van der Waals surface area contributed by atoms with Crippen LogP contribution in [0.5, 0.6) is 0 Å². The van der Waals surface area contributed by atoms with Crippen molar-refractivity contribution in [3.05, 3.63) is 0 Å². The van der Waals surface area contributed by atoms with Crippen molar-refractivity contribution in [2.75, 3.05) is 12.0 Å². The first-order chi connectivity index (χ1) is 4.00. The highest BCUT2D eigenvalue weighted by molar-refractivity contribution is 7.98. The Morgan fingerprint density at radius 3 is 2.44 bits per heavy atom. The summed E-state index contributed by atoms with van der Waals surface area (Å²) >= 11 is 1.18. The van der Waals surface area contributed by atoms with Crippen LogP contribution in [0.4, 0.5) is 4.39 Å². The van der Waals surface area contributed by atoms with Crippen molar-refractivity contribution in [1.29, 1.82) is 0 Å². The van der Waals surface area contributed by atoms with Crippen LogP contribution in [-0.2, 0) is 4.79 Å². The third kappa shape index (κ3) is 2.70. The van der Waals surface area contributed by atoms with Crippen molar-refractivity contribution >= 4 is 17.7 Å². The molecule has 1 N–H and O–H groups in total. The van der Waals surface area contributed by atoms with E-state index < -0.39 is 11.6 Å². The zero-order chi connectivity index (χ0) is 7.49. The summed E-state index contributed by atoms with van der Waals surface area (Å²) in [5, 5.41) is 8.18. The molecule has 0 aromatic heterocycles. The van der Waals surface area contributed by atoms with E-state index in [0.717, 1.165) is 6.92 Å². The highest BCUT2D eigenvalue weighted by atomic mass is 32.2. The van der Waals surface area contributed by atoms with Gasteiger partial charge in [-0.1, -0.05) is 0 Å². The molecule has 0 fully saturated rings. The zero-order valence-corrected chi connectivity index (χ0v) is 6.17. The average molecular weight is 152 g/mol. The molecule has 0 aliphatic rings. The second-order valence-electron chi connectivity index (χ2n) is 1.94. The van der Waals surface area contributed by atoms with E-state index in [1.165, 1.54) is 11.8 Å². The van der Waals surface area contributed by atoms with Crippen molar-refractivity contribution in [2.45, 2.75) is 12.6 Å². The maximum atomic E-state index is 12.6. The van der Waals surface area contributed by atoms with E-state index in [1.54, 1.807) is 6.26 Å². The van der Waals surface area contributed by atoms with Gasteiger partial charge in [0.25, 0.3) is 0 Å². The molecule has 0 aliphatic heterocycles. The molecule has 0 rings (SSSR count). The molecule has 9 heavy (non-hydrogen) atoms. The summed E-state index contributed by atoms with van der Waals surface area (Å²) in [4.78, 5) is 10.0. The molecular formula is C5H9FO2S. The van der Waals surface area contributed by atoms with Crippen molar-refractivity contribution in [2.24, 2.45) is 0 Å². The highest BCUT2D eigenvalue weighted by Gasteiger charge is 2.31. The Bertz CT molecular complexity index is 114. The van der Waals surface area contributed by atoms with Gasteiger partial charge in [0.2, 0.25) is 5.67 Å². The van der Waals surface area contributed by atoms with Gasteiger partial charge in [-0.05, 0) is 13.2 Å². The summed E-state index contributed by atoms with van der Waals surface area (Å²) in [5.74, 6) is -1.39. The fraction of sp³-hybridized carbons (Fsp3) is 0.800. The minimum absolute atomic E-state index is 0.00231. The summed E-state index contributed by atoms with van der Waals surface area (Å²) < 4.78 is 12.6. The summed E-state index contributed by atoms with van der Waals surface area (Å²) in [6, 6.07) is 0. The molecule has 0 heterocycles. The SMILES string of the molecule is CSCC(C)(F)C(=O)O. The molecule has 0 radical (unpaired) electrons. The van der Waals surface area contributed by atoms with E-state index in [-0.39, 0.29) is 5.75 Å². The van der Waals surface area contributed by atoms with E-state index in [1.807, 2.05) is 0 Å². The van der Waals surface area contributed by atoms with Gasteiger partial charge in [-0.2, -0.15) is 11.8 Å². The van der Waals surface area contributed by atoms with Gasteiger partial charge in [0.1, 0.15) is 0 Å². The number of halogens is 1. The van der Waals surface area contributed by atoms with Crippen LogP contribution < -0.4 is 0 Å². The van der Waals surface area contributed by atoms with Crippen LogP contribution in [0.3, 0.4) is 0 Å². The standard InChI is InChI=1S/C5H9FO2S/c1-5(6,3-9-2)4(7)8/h3H2,1-2H3,(H,7,8). The monoisotopic (exact) mass is 152 g/mol. The molecule has 0 bridgehead atoms. The van der Waals surface area contributed by atoms with Gasteiger partial charge in [0.05, 0.1) is 0 Å². The first-order valence-corrected chi connectivity index (χ1v) is 3.81. The van der Waals surface area contributed by atoms with Gasteiger partial charge in [0.15, 0.2) is 0 Å². The summed E-state index contributed by atoms with van der Waals surface area (Å²) in [7, 11) is 0. The molecular weight excluding hydrogens is 143 g/mol. The number of hydrogen-bond acceptors (Lipinski definition) is 2. The molecule has 0 saturated heterocycles. The van der Waals surface area contributed by atoms with Crippen LogP contribution in [-0.4, -0.2) is 28.8 Å². The van der Waals surface area contributed by atoms with E-state index in [4.69, 9.17) is 5.11 Å². The zero-order valence-electron chi connectivity index (χ0n) is 5.35. The molecule has 0 aliphatic carbocycles. The number of rotatable bonds is 3. The lowest BCUT2D eigenvalue weighted by Gasteiger charge is -2.11. The van der Waals surface area contributed by atoms with Crippen LogP contribution in [0.25, 0.3) is 0 Å². The largest absolute Gasteiger partial charge is 0.479 e. The summed E-state index contributed by atoms with van der Waals surface area (Å²) in [6.45, 7) is 1.06. The maximum Gasteiger partial charge on any atom is 0.342 e. The molecule has 0 aromatic carbocycles. The first kappa shape index (κ1) is 8.75. The number of carboxylic acids is 1. The number of carboxylic acid groups (broad SMARTS) is 1. The van der Waals surface area contributed by atoms with E-state index >= 15 is 0 Å². The topological polar surface area (TPSA) is 37.3 Å². The molecule has 4 heteroatoms. The maximum absolute atomic E-state index is 12.6. The molecule has 54 valence electrons. The van der Waals surface area contributed by atoms with E-state index in [2.05, 4.69) is 0 Å². The predicted octanol–water partition coefficient (Wildman–Crippen LogP) is 1.16. The van der Waals surface area contributed by atoms with E-state index in [9.17, 15) is 9.18 Å². The van der Waals surface area contributed by atoms with Crippen molar-refractivity contribution in [3.8, 4) is 0 Å². The minimum atomic E-state index is -2.07. The van der Waals surface area contributed by atoms with Crippen molar-refractivity contribution in [1.82, 2.24) is 0 Å². The predicted molar refractivity (Wildman–Crippen MR) is 35.5 cm³/mol. The second-order valence-corrected chi connectivity index (χ2v) is 2.80. The normalized spacial score (nSPS) is 16.8. The van der Waals surface area contributed by atoms with Gasteiger partial charge in [-0.25, -0.2) is 9.18 Å². The Morgan fingerprint density at radius 2 is 2.33 bits per heavy atom. The molecule has 0 spiro atoms. The van der Waals surface area contributed by atoms with Crippen LogP contribution in [0.15, 0.2) is 0 Å². The van der Waals surface area contributed by atoms with E-state index in [0.29, 0.717) is 0 Å². The second kappa shape index (κ2) is 3.06. The Hall–Kier alpha value is -0.250. The number of hydrogen-bond donors (Lipinski definition) is 1. The third-order valence-electron chi connectivity index (χ3n) is 0.861. The van der Waals surface area contributed by atoms with Crippen LogP contribution in [0.1, 0.15) is 6.92 Å². The van der Waals surface area contributed by atoms with Crippen molar-refractivity contribution in [3.63, 3.8) is 0 Å². The molecule has 0 amide bonds. The molecule has 0 saturated carbocycles. The molecule has 0 aromatic rings. The number of carbonyl (C=O) groups is 1. The number of alkyl halides is 1. The highest BCUT2D eigenvalue weighted by Crippen LogP contribution is 2.15.